The van der Waals surface area contributed by atoms with Crippen LogP contribution >= 0.6 is 0 Å². The van der Waals surface area contributed by atoms with Crippen LogP contribution in [0.25, 0.3) is 0 Å². The van der Waals surface area contributed by atoms with Gasteiger partial charge >= 0.3 is 0 Å². The van der Waals surface area contributed by atoms with Crippen molar-refractivity contribution in [3.05, 3.63) is 89.5 Å². The number of ether oxygens (including phenoxy) is 2. The smallest absolute Gasteiger partial charge is 0.263 e. The van der Waals surface area contributed by atoms with Gasteiger partial charge in [0, 0.05) is 24.3 Å². The van der Waals surface area contributed by atoms with Crippen LogP contribution in [0.3, 0.4) is 0 Å². The predicted molar refractivity (Wildman–Crippen MR) is 118 cm³/mol. The first-order valence-corrected chi connectivity index (χ1v) is 10.1. The number of benzene rings is 3. The van der Waals surface area contributed by atoms with Crippen LogP contribution in [-0.2, 0) is 17.9 Å². The lowest BCUT2D eigenvalue weighted by molar-refractivity contribution is -0.138. The molecule has 1 N–H and O–H groups in total. The highest BCUT2D eigenvalue weighted by molar-refractivity contribution is 6.06. The number of amides is 2. The van der Waals surface area contributed by atoms with Crippen molar-refractivity contribution in [1.82, 2.24) is 4.90 Å². The van der Waals surface area contributed by atoms with Crippen molar-refractivity contribution in [3.8, 4) is 11.5 Å². The number of para-hydroxylation sites is 1. The first-order valence-electron chi connectivity index (χ1n) is 10.1. The molecule has 1 heterocycles. The second-order valence-corrected chi connectivity index (χ2v) is 7.42. The molecule has 1 aliphatic rings. The van der Waals surface area contributed by atoms with E-state index in [2.05, 4.69) is 5.32 Å². The van der Waals surface area contributed by atoms with Gasteiger partial charge in [0.15, 0.2) is 6.10 Å². The fourth-order valence-corrected chi connectivity index (χ4v) is 3.65. The Morgan fingerprint density at radius 1 is 1.10 bits per heavy atom. The van der Waals surface area contributed by atoms with E-state index in [-0.39, 0.29) is 11.8 Å². The highest BCUT2D eigenvalue weighted by Gasteiger charge is 2.28. The molecule has 0 aliphatic carbocycles. The highest BCUT2D eigenvalue weighted by atomic mass is 16.5. The minimum atomic E-state index is -0.584. The number of fused-ring (bicyclic) bond motifs is 1. The van der Waals surface area contributed by atoms with Crippen LogP contribution in [-0.4, -0.2) is 29.9 Å². The lowest BCUT2D eigenvalue weighted by atomic mass is 10.1. The fourth-order valence-electron chi connectivity index (χ4n) is 3.65. The average molecular weight is 416 g/mol. The number of anilines is 1. The Morgan fingerprint density at radius 3 is 2.61 bits per heavy atom. The van der Waals surface area contributed by atoms with E-state index in [9.17, 15) is 9.59 Å². The lowest BCUT2D eigenvalue weighted by Crippen LogP contribution is -2.37. The van der Waals surface area contributed by atoms with E-state index in [0.29, 0.717) is 35.8 Å². The third kappa shape index (κ3) is 4.53. The van der Waals surface area contributed by atoms with Crippen LogP contribution in [0.4, 0.5) is 5.69 Å². The van der Waals surface area contributed by atoms with Gasteiger partial charge in [-0.1, -0.05) is 42.5 Å². The summed E-state index contributed by atoms with van der Waals surface area (Å²) >= 11 is 0. The maximum Gasteiger partial charge on any atom is 0.263 e. The van der Waals surface area contributed by atoms with Crippen molar-refractivity contribution in [2.24, 2.45) is 0 Å². The number of rotatable bonds is 5. The normalized spacial score (nSPS) is 15.5. The van der Waals surface area contributed by atoms with Gasteiger partial charge in [0.25, 0.3) is 11.8 Å². The Bertz CT molecular complexity index is 1100. The Balaban J connectivity index is 1.58. The molecule has 3 aromatic carbocycles. The zero-order valence-corrected chi connectivity index (χ0v) is 17.5. The molecule has 158 valence electrons. The summed E-state index contributed by atoms with van der Waals surface area (Å²) in [6.07, 6.45) is -0.584. The van der Waals surface area contributed by atoms with Crippen molar-refractivity contribution in [3.63, 3.8) is 0 Å². The second-order valence-electron chi connectivity index (χ2n) is 7.42. The standard InChI is InChI=1S/C25H24N2O4/c1-17-25(29)27(15-18-8-4-3-5-9-18)16-19-14-20(12-13-22(19)31-17)26-24(28)21-10-6-7-11-23(21)30-2/h3-14,17H,15-16H2,1-2H3,(H,26,28)/t17-/m0/s1. The summed E-state index contributed by atoms with van der Waals surface area (Å²) < 4.78 is 11.2. The summed E-state index contributed by atoms with van der Waals surface area (Å²) in [4.78, 5) is 27.4. The first kappa shape index (κ1) is 20.5. The number of methoxy groups -OCH3 is 1. The van der Waals surface area contributed by atoms with Gasteiger partial charge in [-0.3, -0.25) is 9.59 Å². The zero-order chi connectivity index (χ0) is 21.8. The van der Waals surface area contributed by atoms with Crippen molar-refractivity contribution >= 4 is 17.5 Å². The molecule has 0 saturated carbocycles. The van der Waals surface area contributed by atoms with E-state index < -0.39 is 6.10 Å². The Labute approximate surface area is 181 Å². The fraction of sp³-hybridized carbons (Fsp3) is 0.200. The lowest BCUT2D eigenvalue weighted by Gasteiger charge is -2.22. The minimum absolute atomic E-state index is 0.0698. The van der Waals surface area contributed by atoms with Gasteiger partial charge in [0.05, 0.1) is 12.7 Å². The third-order valence-corrected chi connectivity index (χ3v) is 5.21. The van der Waals surface area contributed by atoms with Gasteiger partial charge in [0.1, 0.15) is 11.5 Å². The number of hydrogen-bond donors (Lipinski definition) is 1. The van der Waals surface area contributed by atoms with Gasteiger partial charge in [-0.05, 0) is 42.8 Å². The predicted octanol–water partition coefficient (Wildman–Crippen LogP) is 4.26. The molecular formula is C25H24N2O4. The van der Waals surface area contributed by atoms with Crippen LogP contribution in [0, 0.1) is 0 Å². The first-order chi connectivity index (χ1) is 15.0. The summed E-state index contributed by atoms with van der Waals surface area (Å²) in [7, 11) is 1.53. The molecule has 0 saturated heterocycles. The molecule has 0 radical (unpaired) electrons. The van der Waals surface area contributed by atoms with Crippen LogP contribution < -0.4 is 14.8 Å². The molecule has 0 unspecified atom stereocenters. The van der Waals surface area contributed by atoms with E-state index in [1.165, 1.54) is 7.11 Å². The molecule has 31 heavy (non-hydrogen) atoms. The molecule has 0 fully saturated rings. The van der Waals surface area contributed by atoms with E-state index in [1.54, 1.807) is 42.2 Å². The van der Waals surface area contributed by atoms with E-state index in [1.807, 2.05) is 42.5 Å². The number of nitrogens with zero attached hydrogens (tertiary/aromatic N) is 1. The largest absolute Gasteiger partial charge is 0.496 e. The summed E-state index contributed by atoms with van der Waals surface area (Å²) in [5, 5.41) is 2.91. The van der Waals surface area contributed by atoms with E-state index >= 15 is 0 Å². The SMILES string of the molecule is COc1ccccc1C(=O)Nc1ccc2c(c1)CN(Cc1ccccc1)C(=O)[C@H](C)O2. The van der Waals surface area contributed by atoms with Crippen LogP contribution in [0.2, 0.25) is 0 Å². The average Bonchev–Trinajstić information content (AvgIpc) is 2.90. The highest BCUT2D eigenvalue weighted by Crippen LogP contribution is 2.30. The van der Waals surface area contributed by atoms with Crippen molar-refractivity contribution in [2.45, 2.75) is 26.1 Å². The molecule has 6 heteroatoms. The van der Waals surface area contributed by atoms with E-state index in [4.69, 9.17) is 9.47 Å². The maximum absolute atomic E-state index is 12.9. The monoisotopic (exact) mass is 416 g/mol. The Kier molecular flexibility index (Phi) is 5.89. The van der Waals surface area contributed by atoms with Crippen molar-refractivity contribution in [2.75, 3.05) is 12.4 Å². The Morgan fingerprint density at radius 2 is 1.84 bits per heavy atom. The molecular weight excluding hydrogens is 392 g/mol. The quantitative estimate of drug-likeness (QED) is 0.675. The molecule has 1 atom stereocenters. The van der Waals surface area contributed by atoms with E-state index in [0.717, 1.165) is 11.1 Å². The van der Waals surface area contributed by atoms with Gasteiger partial charge in [-0.25, -0.2) is 0 Å². The molecule has 3 aromatic rings. The number of nitrogens with one attached hydrogen (secondary N) is 1. The molecule has 6 nitrogen and oxygen atoms in total. The van der Waals surface area contributed by atoms with Crippen LogP contribution in [0.15, 0.2) is 72.8 Å². The molecule has 1 aliphatic heterocycles. The van der Waals surface area contributed by atoms with Gasteiger partial charge < -0.3 is 19.7 Å². The summed E-state index contributed by atoms with van der Waals surface area (Å²) in [5.74, 6) is 0.815. The maximum atomic E-state index is 12.9. The van der Waals surface area contributed by atoms with Crippen LogP contribution in [0.5, 0.6) is 11.5 Å². The van der Waals surface area contributed by atoms with Gasteiger partial charge in [0.2, 0.25) is 0 Å². The number of carbonyl (C=O) groups is 2. The summed E-state index contributed by atoms with van der Waals surface area (Å²) in [6, 6.07) is 22.3. The molecule has 0 aromatic heterocycles. The molecule has 0 bridgehead atoms. The van der Waals surface area contributed by atoms with Crippen LogP contribution in [0.1, 0.15) is 28.4 Å². The third-order valence-electron chi connectivity index (χ3n) is 5.21. The number of carbonyl (C=O) groups excluding carboxylic acids is 2. The van der Waals surface area contributed by atoms with Gasteiger partial charge in [-0.15, -0.1) is 0 Å². The second kappa shape index (κ2) is 8.92. The molecule has 0 spiro atoms. The Hall–Kier alpha value is -3.80. The number of hydrogen-bond acceptors (Lipinski definition) is 4. The zero-order valence-electron chi connectivity index (χ0n) is 17.5. The van der Waals surface area contributed by atoms with Crippen molar-refractivity contribution < 1.29 is 19.1 Å². The van der Waals surface area contributed by atoms with Crippen molar-refractivity contribution in [1.29, 1.82) is 0 Å². The summed E-state index contributed by atoms with van der Waals surface area (Å²) in [5.41, 5.74) is 2.96. The molecule has 4 rings (SSSR count). The topological polar surface area (TPSA) is 67.9 Å². The van der Waals surface area contributed by atoms with Gasteiger partial charge in [-0.2, -0.15) is 0 Å². The summed E-state index contributed by atoms with van der Waals surface area (Å²) in [6.45, 7) is 2.64. The minimum Gasteiger partial charge on any atom is -0.496 e. The molecule has 2 amide bonds.